The van der Waals surface area contributed by atoms with E-state index in [1.165, 1.54) is 0 Å². The summed E-state index contributed by atoms with van der Waals surface area (Å²) in [5.74, 6) is -0.806. The summed E-state index contributed by atoms with van der Waals surface area (Å²) in [6.07, 6.45) is -0.137. The topological polar surface area (TPSA) is 57.5 Å². The maximum absolute atomic E-state index is 10.7. The highest BCUT2D eigenvalue weighted by Gasteiger charge is 2.21. The van der Waals surface area contributed by atoms with Crippen LogP contribution in [0.3, 0.4) is 0 Å². The largest absolute Gasteiger partial charge is 0.507 e. The minimum atomic E-state index is -0.926. The lowest BCUT2D eigenvalue weighted by Crippen LogP contribution is -2.13. The second kappa shape index (κ2) is 4.16. The summed E-state index contributed by atoms with van der Waals surface area (Å²) in [6, 6.07) is 3.72. The summed E-state index contributed by atoms with van der Waals surface area (Å²) in [7, 11) is 0. The molecule has 1 rings (SSSR count). The van der Waals surface area contributed by atoms with Gasteiger partial charge in [-0.1, -0.05) is 32.9 Å². The van der Waals surface area contributed by atoms with Gasteiger partial charge in [0, 0.05) is 5.56 Å². The molecule has 0 bridgehead atoms. The molecule has 0 saturated carbocycles. The third-order valence-corrected chi connectivity index (χ3v) is 2.65. The zero-order valence-electron chi connectivity index (χ0n) is 10.2. The SMILES string of the molecule is Cc1ccc(C(C)(C)C)c(O)c1CC(=O)O. The molecular formula is C13H18O3. The molecule has 0 saturated heterocycles. The van der Waals surface area contributed by atoms with Gasteiger partial charge in [-0.15, -0.1) is 0 Å². The van der Waals surface area contributed by atoms with Gasteiger partial charge in [-0.2, -0.15) is 0 Å². The van der Waals surface area contributed by atoms with E-state index in [-0.39, 0.29) is 17.6 Å². The maximum atomic E-state index is 10.7. The molecule has 3 heteroatoms. The van der Waals surface area contributed by atoms with Crippen molar-refractivity contribution in [1.29, 1.82) is 0 Å². The molecule has 3 nitrogen and oxygen atoms in total. The number of benzene rings is 1. The fourth-order valence-electron chi connectivity index (χ4n) is 1.72. The van der Waals surface area contributed by atoms with E-state index in [0.29, 0.717) is 5.56 Å². The summed E-state index contributed by atoms with van der Waals surface area (Å²) in [4.78, 5) is 10.7. The third-order valence-electron chi connectivity index (χ3n) is 2.65. The van der Waals surface area contributed by atoms with Crippen molar-refractivity contribution in [1.82, 2.24) is 0 Å². The van der Waals surface area contributed by atoms with Crippen molar-refractivity contribution in [3.63, 3.8) is 0 Å². The summed E-state index contributed by atoms with van der Waals surface area (Å²) < 4.78 is 0. The molecule has 0 heterocycles. The summed E-state index contributed by atoms with van der Waals surface area (Å²) >= 11 is 0. The van der Waals surface area contributed by atoms with Gasteiger partial charge in [-0.05, 0) is 23.5 Å². The number of hydrogen-bond donors (Lipinski definition) is 2. The number of aliphatic carboxylic acids is 1. The van der Waals surface area contributed by atoms with E-state index in [4.69, 9.17) is 5.11 Å². The molecule has 88 valence electrons. The molecule has 1 aromatic carbocycles. The van der Waals surface area contributed by atoms with Gasteiger partial charge in [0.2, 0.25) is 0 Å². The van der Waals surface area contributed by atoms with Gasteiger partial charge in [-0.25, -0.2) is 0 Å². The summed E-state index contributed by atoms with van der Waals surface area (Å²) in [6.45, 7) is 7.77. The van der Waals surface area contributed by atoms with Gasteiger partial charge in [0.1, 0.15) is 5.75 Å². The molecule has 0 aromatic heterocycles. The molecule has 0 radical (unpaired) electrons. The van der Waals surface area contributed by atoms with Gasteiger partial charge in [0.15, 0.2) is 0 Å². The molecule has 0 aliphatic heterocycles. The standard InChI is InChI=1S/C13H18O3/c1-8-5-6-10(13(2,3)4)12(16)9(8)7-11(14)15/h5-6,16H,7H2,1-4H3,(H,14,15). The molecule has 1 aromatic rings. The van der Waals surface area contributed by atoms with E-state index >= 15 is 0 Å². The average molecular weight is 222 g/mol. The van der Waals surface area contributed by atoms with Gasteiger partial charge in [0.25, 0.3) is 0 Å². The first-order valence-corrected chi connectivity index (χ1v) is 5.27. The number of carboxylic acids is 1. The van der Waals surface area contributed by atoms with E-state index in [0.717, 1.165) is 11.1 Å². The molecular weight excluding hydrogens is 204 g/mol. The van der Waals surface area contributed by atoms with Crippen LogP contribution in [-0.2, 0) is 16.6 Å². The highest BCUT2D eigenvalue weighted by molar-refractivity contribution is 5.72. The Morgan fingerprint density at radius 2 is 1.88 bits per heavy atom. The zero-order chi connectivity index (χ0) is 12.5. The van der Waals surface area contributed by atoms with Crippen LogP contribution in [0.15, 0.2) is 12.1 Å². The van der Waals surface area contributed by atoms with E-state index in [1.54, 1.807) is 0 Å². The lowest BCUT2D eigenvalue weighted by molar-refractivity contribution is -0.136. The van der Waals surface area contributed by atoms with Crippen LogP contribution < -0.4 is 0 Å². The van der Waals surface area contributed by atoms with Crippen LogP contribution in [0.2, 0.25) is 0 Å². The number of carbonyl (C=O) groups is 1. The molecule has 16 heavy (non-hydrogen) atoms. The summed E-state index contributed by atoms with van der Waals surface area (Å²) in [5.41, 5.74) is 1.92. The van der Waals surface area contributed by atoms with Gasteiger partial charge >= 0.3 is 5.97 Å². The second-order valence-corrected chi connectivity index (χ2v) is 5.08. The Bertz CT molecular complexity index is 414. The number of rotatable bonds is 2. The van der Waals surface area contributed by atoms with Gasteiger partial charge in [0.05, 0.1) is 6.42 Å². The lowest BCUT2D eigenvalue weighted by Gasteiger charge is -2.22. The Kier molecular flexibility index (Phi) is 3.27. The fraction of sp³-hybridized carbons (Fsp3) is 0.462. The van der Waals surface area contributed by atoms with Crippen molar-refractivity contribution in [2.45, 2.75) is 39.5 Å². The average Bonchev–Trinajstić information content (AvgIpc) is 2.09. The first-order chi connectivity index (χ1) is 7.23. The van der Waals surface area contributed by atoms with Crippen molar-refractivity contribution < 1.29 is 15.0 Å². The second-order valence-electron chi connectivity index (χ2n) is 5.08. The molecule has 0 spiro atoms. The van der Waals surface area contributed by atoms with Crippen LogP contribution in [-0.4, -0.2) is 16.2 Å². The van der Waals surface area contributed by atoms with Crippen LogP contribution in [0.5, 0.6) is 5.75 Å². The Labute approximate surface area is 95.7 Å². The molecule has 2 N–H and O–H groups in total. The monoisotopic (exact) mass is 222 g/mol. The summed E-state index contributed by atoms with van der Waals surface area (Å²) in [5, 5.41) is 18.9. The van der Waals surface area contributed by atoms with Crippen LogP contribution in [0.4, 0.5) is 0 Å². The Morgan fingerprint density at radius 3 is 2.31 bits per heavy atom. The van der Waals surface area contributed by atoms with Crippen molar-refractivity contribution in [3.8, 4) is 5.75 Å². The molecule has 0 unspecified atom stereocenters. The Morgan fingerprint density at radius 1 is 1.31 bits per heavy atom. The maximum Gasteiger partial charge on any atom is 0.307 e. The van der Waals surface area contributed by atoms with Crippen molar-refractivity contribution in [2.24, 2.45) is 0 Å². The molecule has 0 fully saturated rings. The van der Waals surface area contributed by atoms with Crippen LogP contribution in [0.1, 0.15) is 37.5 Å². The smallest absolute Gasteiger partial charge is 0.307 e. The quantitative estimate of drug-likeness (QED) is 0.808. The van der Waals surface area contributed by atoms with Gasteiger partial charge in [-0.3, -0.25) is 4.79 Å². The normalized spacial score (nSPS) is 11.5. The predicted octanol–water partition coefficient (Wildman–Crippen LogP) is 2.63. The molecule has 0 aliphatic rings. The molecule has 0 amide bonds. The lowest BCUT2D eigenvalue weighted by atomic mass is 9.84. The van der Waals surface area contributed by atoms with E-state index in [9.17, 15) is 9.90 Å². The number of aromatic hydroxyl groups is 1. The molecule has 0 atom stereocenters. The van der Waals surface area contributed by atoms with Crippen molar-refractivity contribution in [3.05, 3.63) is 28.8 Å². The van der Waals surface area contributed by atoms with Gasteiger partial charge < -0.3 is 10.2 Å². The highest BCUT2D eigenvalue weighted by Crippen LogP contribution is 2.34. The fourth-order valence-corrected chi connectivity index (χ4v) is 1.72. The minimum Gasteiger partial charge on any atom is -0.507 e. The number of phenolic OH excluding ortho intramolecular Hbond substituents is 1. The predicted molar refractivity (Wildman–Crippen MR) is 62.9 cm³/mol. The van der Waals surface area contributed by atoms with Crippen LogP contribution >= 0.6 is 0 Å². The molecule has 0 aliphatic carbocycles. The van der Waals surface area contributed by atoms with E-state index < -0.39 is 5.97 Å². The third kappa shape index (κ3) is 2.54. The van der Waals surface area contributed by atoms with Crippen molar-refractivity contribution in [2.75, 3.05) is 0 Å². The van der Waals surface area contributed by atoms with Crippen molar-refractivity contribution >= 4 is 5.97 Å². The minimum absolute atomic E-state index is 0.120. The first-order valence-electron chi connectivity index (χ1n) is 5.27. The number of aryl methyl sites for hydroxylation is 1. The number of carboxylic acid groups (broad SMARTS) is 1. The zero-order valence-corrected chi connectivity index (χ0v) is 10.2. The number of phenols is 1. The Balaban J connectivity index is 3.33. The van der Waals surface area contributed by atoms with E-state index in [1.807, 2.05) is 39.8 Å². The van der Waals surface area contributed by atoms with Crippen LogP contribution in [0, 0.1) is 6.92 Å². The highest BCUT2D eigenvalue weighted by atomic mass is 16.4. The Hall–Kier alpha value is -1.51. The first kappa shape index (κ1) is 12.6. The van der Waals surface area contributed by atoms with E-state index in [2.05, 4.69) is 0 Å². The number of hydrogen-bond acceptors (Lipinski definition) is 2. The van der Waals surface area contributed by atoms with Crippen LogP contribution in [0.25, 0.3) is 0 Å².